The van der Waals surface area contributed by atoms with Gasteiger partial charge in [0.15, 0.2) is 0 Å². The topological polar surface area (TPSA) is 86.0 Å². The molecule has 8 heteroatoms. The molecule has 0 aliphatic rings. The van der Waals surface area contributed by atoms with Crippen LogP contribution in [0.5, 0.6) is 0 Å². The molecule has 0 radical (unpaired) electrons. The van der Waals surface area contributed by atoms with Crippen LogP contribution in [0.25, 0.3) is 5.69 Å². The summed E-state index contributed by atoms with van der Waals surface area (Å²) in [5, 5.41) is 6.71. The van der Waals surface area contributed by atoms with Crippen molar-refractivity contribution in [3.63, 3.8) is 0 Å². The standard InChI is InChI=1S/C24H19FN4O3/c1-16-7-13-20(14-8-16)29-24(32)28(15-17-9-11-18(25)12-10-17)23(31)21(27-29)22(30)26-19-5-3-2-4-6-19/h2-14H,15H2,1H3,(H,26,30). The maximum atomic E-state index is 13.3. The van der Waals surface area contributed by atoms with E-state index < -0.39 is 28.7 Å². The number of aryl methyl sites for hydroxylation is 1. The second kappa shape index (κ2) is 8.81. The van der Waals surface area contributed by atoms with Crippen molar-refractivity contribution < 1.29 is 9.18 Å². The molecular formula is C24H19FN4O3. The number of aromatic nitrogens is 3. The van der Waals surface area contributed by atoms with Gasteiger partial charge in [0.1, 0.15) is 5.82 Å². The highest BCUT2D eigenvalue weighted by atomic mass is 19.1. The Labute approximate surface area is 182 Å². The third-order valence-corrected chi connectivity index (χ3v) is 4.84. The first kappa shape index (κ1) is 20.9. The van der Waals surface area contributed by atoms with Gasteiger partial charge in [0.2, 0.25) is 5.69 Å². The molecule has 0 atom stereocenters. The molecule has 0 saturated heterocycles. The predicted octanol–water partition coefficient (Wildman–Crippen LogP) is 3.14. The number of nitrogens with one attached hydrogen (secondary N) is 1. The second-order valence-corrected chi connectivity index (χ2v) is 7.22. The van der Waals surface area contributed by atoms with E-state index in [9.17, 15) is 18.8 Å². The number of hydrogen-bond acceptors (Lipinski definition) is 4. The Hall–Kier alpha value is -4.33. The number of halogens is 1. The molecule has 0 aliphatic heterocycles. The Balaban J connectivity index is 1.84. The molecule has 0 bridgehead atoms. The van der Waals surface area contributed by atoms with E-state index in [2.05, 4.69) is 10.4 Å². The molecule has 1 aromatic heterocycles. The van der Waals surface area contributed by atoms with Gasteiger partial charge in [-0.3, -0.25) is 14.2 Å². The van der Waals surface area contributed by atoms with Crippen molar-refractivity contribution >= 4 is 11.6 Å². The summed E-state index contributed by atoms with van der Waals surface area (Å²) in [5.41, 5.74) is 0.413. The Kier molecular flexibility index (Phi) is 5.76. The summed E-state index contributed by atoms with van der Waals surface area (Å²) >= 11 is 0. The van der Waals surface area contributed by atoms with E-state index in [0.29, 0.717) is 16.9 Å². The van der Waals surface area contributed by atoms with Crippen molar-refractivity contribution in [3.8, 4) is 5.69 Å². The van der Waals surface area contributed by atoms with E-state index in [4.69, 9.17) is 0 Å². The first-order valence-corrected chi connectivity index (χ1v) is 9.84. The Morgan fingerprint density at radius 1 is 0.938 bits per heavy atom. The number of carbonyl (C=O) groups is 1. The molecule has 4 rings (SSSR count). The average Bonchev–Trinajstić information content (AvgIpc) is 2.79. The highest BCUT2D eigenvalue weighted by Gasteiger charge is 2.20. The quantitative estimate of drug-likeness (QED) is 0.527. The zero-order chi connectivity index (χ0) is 22.7. The molecule has 0 unspecified atom stereocenters. The van der Waals surface area contributed by atoms with E-state index in [0.717, 1.165) is 14.8 Å². The first-order valence-electron chi connectivity index (χ1n) is 9.84. The lowest BCUT2D eigenvalue weighted by Crippen LogP contribution is -2.45. The number of benzene rings is 3. The summed E-state index contributed by atoms with van der Waals surface area (Å²) in [4.78, 5) is 39.1. The number of anilines is 1. The summed E-state index contributed by atoms with van der Waals surface area (Å²) in [6.07, 6.45) is 0. The molecule has 160 valence electrons. The van der Waals surface area contributed by atoms with Crippen LogP contribution in [0, 0.1) is 12.7 Å². The minimum Gasteiger partial charge on any atom is -0.320 e. The van der Waals surface area contributed by atoms with E-state index >= 15 is 0 Å². The monoisotopic (exact) mass is 430 g/mol. The van der Waals surface area contributed by atoms with Crippen LogP contribution in [-0.4, -0.2) is 20.3 Å². The van der Waals surface area contributed by atoms with Crippen LogP contribution in [0.3, 0.4) is 0 Å². The van der Waals surface area contributed by atoms with Gasteiger partial charge >= 0.3 is 5.69 Å². The highest BCUT2D eigenvalue weighted by molar-refractivity contribution is 6.02. The van der Waals surface area contributed by atoms with Gasteiger partial charge in [-0.05, 0) is 48.9 Å². The maximum absolute atomic E-state index is 13.3. The first-order chi connectivity index (χ1) is 15.4. The molecule has 0 saturated carbocycles. The van der Waals surface area contributed by atoms with Gasteiger partial charge in [0.25, 0.3) is 11.5 Å². The van der Waals surface area contributed by atoms with E-state index in [1.54, 1.807) is 54.6 Å². The molecule has 0 aliphatic carbocycles. The lowest BCUT2D eigenvalue weighted by atomic mass is 10.2. The SMILES string of the molecule is Cc1ccc(-n2nc(C(=O)Nc3ccccc3)c(=O)n(Cc3ccc(F)cc3)c2=O)cc1. The fraction of sp³-hybridized carbons (Fsp3) is 0.0833. The van der Waals surface area contributed by atoms with Crippen molar-refractivity contribution in [3.05, 3.63) is 122 Å². The minimum absolute atomic E-state index is 0.141. The van der Waals surface area contributed by atoms with Crippen molar-refractivity contribution in [2.24, 2.45) is 0 Å². The van der Waals surface area contributed by atoms with Crippen molar-refractivity contribution in [2.75, 3.05) is 5.32 Å². The van der Waals surface area contributed by atoms with Gasteiger partial charge < -0.3 is 5.32 Å². The zero-order valence-electron chi connectivity index (χ0n) is 17.2. The van der Waals surface area contributed by atoms with Crippen LogP contribution in [0.2, 0.25) is 0 Å². The van der Waals surface area contributed by atoms with Crippen LogP contribution in [-0.2, 0) is 6.54 Å². The second-order valence-electron chi connectivity index (χ2n) is 7.22. The number of hydrogen-bond donors (Lipinski definition) is 1. The smallest absolute Gasteiger partial charge is 0.320 e. The molecule has 1 amide bonds. The van der Waals surface area contributed by atoms with Gasteiger partial charge in [0.05, 0.1) is 12.2 Å². The summed E-state index contributed by atoms with van der Waals surface area (Å²) in [7, 11) is 0. The molecule has 4 aromatic rings. The molecule has 0 spiro atoms. The summed E-state index contributed by atoms with van der Waals surface area (Å²) in [6.45, 7) is 1.76. The molecule has 7 nitrogen and oxygen atoms in total. The van der Waals surface area contributed by atoms with Gasteiger partial charge in [-0.1, -0.05) is 48.0 Å². The van der Waals surface area contributed by atoms with Crippen LogP contribution in [0.4, 0.5) is 10.1 Å². The number of amides is 1. The third-order valence-electron chi connectivity index (χ3n) is 4.84. The zero-order valence-corrected chi connectivity index (χ0v) is 17.2. The summed E-state index contributed by atoms with van der Waals surface area (Å²) in [6, 6.07) is 21.0. The summed E-state index contributed by atoms with van der Waals surface area (Å²) < 4.78 is 15.2. The molecular weight excluding hydrogens is 411 g/mol. The summed E-state index contributed by atoms with van der Waals surface area (Å²) in [5.74, 6) is -1.18. The van der Waals surface area contributed by atoms with E-state index in [-0.39, 0.29) is 6.54 Å². The van der Waals surface area contributed by atoms with Gasteiger partial charge in [-0.25, -0.2) is 9.18 Å². The fourth-order valence-corrected chi connectivity index (χ4v) is 3.13. The van der Waals surface area contributed by atoms with Crippen LogP contribution in [0.15, 0.2) is 88.5 Å². The number of carbonyl (C=O) groups excluding carboxylic acids is 1. The Morgan fingerprint density at radius 3 is 2.25 bits per heavy atom. The van der Waals surface area contributed by atoms with Crippen molar-refractivity contribution in [1.82, 2.24) is 14.3 Å². The van der Waals surface area contributed by atoms with Crippen molar-refractivity contribution in [1.29, 1.82) is 0 Å². The van der Waals surface area contributed by atoms with Crippen molar-refractivity contribution in [2.45, 2.75) is 13.5 Å². The van der Waals surface area contributed by atoms with Gasteiger partial charge in [-0.2, -0.15) is 9.78 Å². The number of rotatable bonds is 5. The van der Waals surface area contributed by atoms with Crippen LogP contribution >= 0.6 is 0 Å². The normalized spacial score (nSPS) is 10.7. The Bertz CT molecular complexity index is 1380. The minimum atomic E-state index is -0.837. The predicted molar refractivity (Wildman–Crippen MR) is 119 cm³/mol. The lowest BCUT2D eigenvalue weighted by Gasteiger charge is -2.12. The number of nitrogens with zero attached hydrogens (tertiary/aromatic N) is 3. The maximum Gasteiger partial charge on any atom is 0.352 e. The van der Waals surface area contributed by atoms with E-state index in [1.807, 2.05) is 6.92 Å². The van der Waals surface area contributed by atoms with Gasteiger partial charge in [-0.15, -0.1) is 0 Å². The number of para-hydroxylation sites is 1. The molecule has 0 fully saturated rings. The lowest BCUT2D eigenvalue weighted by molar-refractivity contribution is 0.101. The third kappa shape index (κ3) is 4.39. The molecule has 1 heterocycles. The van der Waals surface area contributed by atoms with E-state index in [1.165, 1.54) is 24.3 Å². The molecule has 3 aromatic carbocycles. The van der Waals surface area contributed by atoms with Crippen LogP contribution < -0.4 is 16.6 Å². The molecule has 1 N–H and O–H groups in total. The van der Waals surface area contributed by atoms with Crippen LogP contribution in [0.1, 0.15) is 21.6 Å². The van der Waals surface area contributed by atoms with Gasteiger partial charge in [0, 0.05) is 5.69 Å². The molecule has 32 heavy (non-hydrogen) atoms. The Morgan fingerprint density at radius 2 is 1.59 bits per heavy atom. The highest BCUT2D eigenvalue weighted by Crippen LogP contribution is 2.09. The fourth-order valence-electron chi connectivity index (χ4n) is 3.13. The average molecular weight is 430 g/mol. The largest absolute Gasteiger partial charge is 0.352 e.